The Labute approximate surface area is 210 Å². The molecular weight excluding hydrogens is 454 g/mol. The summed E-state index contributed by atoms with van der Waals surface area (Å²) in [6, 6.07) is 19.3. The van der Waals surface area contributed by atoms with Crippen LogP contribution in [-0.4, -0.2) is 48.1 Å². The van der Waals surface area contributed by atoms with Crippen molar-refractivity contribution in [2.24, 2.45) is 5.73 Å². The smallest absolute Gasteiger partial charge is 0.305 e. The first-order valence-electron chi connectivity index (χ1n) is 12.2. The first-order valence-corrected chi connectivity index (χ1v) is 12.2. The van der Waals surface area contributed by atoms with Gasteiger partial charge < -0.3 is 25.1 Å². The number of carboxylic acid groups (broad SMARTS) is 1. The quantitative estimate of drug-likeness (QED) is 0.538. The molecule has 3 aromatic rings. The van der Waals surface area contributed by atoms with E-state index in [0.717, 1.165) is 36.2 Å². The van der Waals surface area contributed by atoms with Crippen LogP contribution in [0, 0.1) is 11.8 Å². The predicted molar refractivity (Wildman–Crippen MR) is 137 cm³/mol. The van der Waals surface area contributed by atoms with Gasteiger partial charge in [-0.2, -0.15) is 0 Å². The third-order valence-electron chi connectivity index (χ3n) is 7.23. The molecule has 3 N–H and O–H groups in total. The lowest BCUT2D eigenvalue weighted by Gasteiger charge is -2.39. The number of likely N-dealkylation sites (tertiary alicyclic amines) is 1. The van der Waals surface area contributed by atoms with Crippen LogP contribution in [0.25, 0.3) is 0 Å². The summed E-state index contributed by atoms with van der Waals surface area (Å²) in [6.45, 7) is 2.88. The second-order valence-corrected chi connectivity index (χ2v) is 9.47. The number of carbonyl (C=O) groups excluding carboxylic acids is 1. The van der Waals surface area contributed by atoms with Crippen LogP contribution in [0.1, 0.15) is 52.3 Å². The SMILES string of the molecule is NCc1ccc2c(c1)C1(CCN(C(=O)c3ccc(C#Cc4ccccc4)o3)CC1)CN2CCC(=O)O. The number of fused-ring (bicyclic) bond motifs is 2. The van der Waals surface area contributed by atoms with Crippen LogP contribution < -0.4 is 10.6 Å². The largest absolute Gasteiger partial charge is 0.481 e. The van der Waals surface area contributed by atoms with Crippen LogP contribution in [0.4, 0.5) is 5.69 Å². The molecule has 0 aliphatic carbocycles. The summed E-state index contributed by atoms with van der Waals surface area (Å²) in [4.78, 5) is 28.4. The Hall–Kier alpha value is -4.02. The highest BCUT2D eigenvalue weighted by Gasteiger charge is 2.45. The van der Waals surface area contributed by atoms with E-state index in [4.69, 9.17) is 10.2 Å². The number of hydrogen-bond donors (Lipinski definition) is 2. The first-order chi connectivity index (χ1) is 17.5. The number of benzene rings is 2. The maximum Gasteiger partial charge on any atom is 0.305 e. The Balaban J connectivity index is 1.29. The van der Waals surface area contributed by atoms with Gasteiger partial charge in [-0.1, -0.05) is 36.3 Å². The Kier molecular flexibility index (Phi) is 6.53. The minimum absolute atomic E-state index is 0.0900. The van der Waals surface area contributed by atoms with Gasteiger partial charge in [0, 0.05) is 49.4 Å². The fourth-order valence-corrected chi connectivity index (χ4v) is 5.27. The molecule has 1 amide bonds. The third-order valence-corrected chi connectivity index (χ3v) is 7.23. The van der Waals surface area contributed by atoms with Crippen molar-refractivity contribution in [1.82, 2.24) is 4.90 Å². The lowest BCUT2D eigenvalue weighted by Crippen LogP contribution is -2.47. The number of carboxylic acids is 1. The molecule has 1 saturated heterocycles. The molecule has 36 heavy (non-hydrogen) atoms. The van der Waals surface area contributed by atoms with Gasteiger partial charge in [0.1, 0.15) is 0 Å². The minimum atomic E-state index is -0.803. The Morgan fingerprint density at radius 2 is 1.81 bits per heavy atom. The third kappa shape index (κ3) is 4.73. The van der Waals surface area contributed by atoms with E-state index in [2.05, 4.69) is 28.9 Å². The molecule has 1 aromatic heterocycles. The Morgan fingerprint density at radius 3 is 2.53 bits per heavy atom. The van der Waals surface area contributed by atoms with E-state index in [1.54, 1.807) is 12.1 Å². The van der Waals surface area contributed by atoms with E-state index < -0.39 is 5.97 Å². The highest BCUT2D eigenvalue weighted by atomic mass is 16.4. The number of carbonyl (C=O) groups is 2. The lowest BCUT2D eigenvalue weighted by atomic mass is 9.74. The standard InChI is InChI=1S/C29H29N3O4/c30-19-22-7-10-25-24(18-22)29(20-32(25)15-12-27(33)34)13-16-31(17-14-29)28(35)26-11-9-23(36-26)8-6-21-4-2-1-3-5-21/h1-5,7,9-11,18H,12-17,19-20,30H2,(H,33,34). The van der Waals surface area contributed by atoms with Crippen LogP contribution in [0.15, 0.2) is 65.1 Å². The average molecular weight is 484 g/mol. The molecule has 184 valence electrons. The van der Waals surface area contributed by atoms with Crippen molar-refractivity contribution in [1.29, 1.82) is 0 Å². The second-order valence-electron chi connectivity index (χ2n) is 9.47. The number of aliphatic carboxylic acids is 1. The van der Waals surface area contributed by atoms with Gasteiger partial charge in [0.2, 0.25) is 0 Å². The summed E-state index contributed by atoms with van der Waals surface area (Å²) >= 11 is 0. The topological polar surface area (TPSA) is 100 Å². The number of nitrogens with two attached hydrogens (primary N) is 1. The van der Waals surface area contributed by atoms with E-state index in [9.17, 15) is 14.7 Å². The normalized spacial score (nSPS) is 15.9. The molecule has 1 fully saturated rings. The van der Waals surface area contributed by atoms with Crippen molar-refractivity contribution in [2.75, 3.05) is 31.1 Å². The fraction of sp³-hybridized carbons (Fsp3) is 0.310. The van der Waals surface area contributed by atoms with Gasteiger partial charge in [0.05, 0.1) is 6.42 Å². The molecule has 0 radical (unpaired) electrons. The van der Waals surface area contributed by atoms with E-state index in [0.29, 0.717) is 37.7 Å². The van der Waals surface area contributed by atoms with Gasteiger partial charge in [-0.25, -0.2) is 0 Å². The van der Waals surface area contributed by atoms with Crippen molar-refractivity contribution in [3.05, 3.63) is 88.9 Å². The summed E-state index contributed by atoms with van der Waals surface area (Å²) in [7, 11) is 0. The zero-order valence-corrected chi connectivity index (χ0v) is 20.1. The summed E-state index contributed by atoms with van der Waals surface area (Å²) in [5.41, 5.74) is 10.0. The van der Waals surface area contributed by atoms with E-state index in [-0.39, 0.29) is 17.7 Å². The zero-order chi connectivity index (χ0) is 25.1. The number of piperidine rings is 1. The van der Waals surface area contributed by atoms with Crippen molar-refractivity contribution in [3.8, 4) is 11.8 Å². The van der Waals surface area contributed by atoms with Gasteiger partial charge in [-0.3, -0.25) is 9.59 Å². The highest BCUT2D eigenvalue weighted by Crippen LogP contribution is 2.47. The molecule has 3 heterocycles. The summed E-state index contributed by atoms with van der Waals surface area (Å²) in [6.07, 6.45) is 1.68. The molecule has 5 rings (SSSR count). The number of hydrogen-bond acceptors (Lipinski definition) is 5. The number of rotatable bonds is 5. The molecule has 0 unspecified atom stereocenters. The molecule has 2 aromatic carbocycles. The van der Waals surface area contributed by atoms with Crippen molar-refractivity contribution < 1.29 is 19.1 Å². The Bertz CT molecular complexity index is 1330. The highest BCUT2D eigenvalue weighted by molar-refractivity contribution is 5.91. The number of anilines is 1. The number of furan rings is 1. The molecule has 0 bridgehead atoms. The molecule has 0 saturated carbocycles. The maximum atomic E-state index is 13.2. The van der Waals surface area contributed by atoms with Crippen molar-refractivity contribution >= 4 is 17.6 Å². The molecule has 1 spiro atoms. The molecule has 2 aliphatic rings. The van der Waals surface area contributed by atoms with Crippen molar-refractivity contribution in [2.45, 2.75) is 31.2 Å². The van der Waals surface area contributed by atoms with Crippen LogP contribution in [-0.2, 0) is 16.8 Å². The van der Waals surface area contributed by atoms with Crippen LogP contribution in [0.2, 0.25) is 0 Å². The van der Waals surface area contributed by atoms with E-state index in [1.165, 1.54) is 5.56 Å². The maximum absolute atomic E-state index is 13.2. The van der Waals surface area contributed by atoms with Gasteiger partial charge >= 0.3 is 5.97 Å². The molecule has 7 nitrogen and oxygen atoms in total. The fourth-order valence-electron chi connectivity index (χ4n) is 5.27. The number of nitrogens with zero attached hydrogens (tertiary/aromatic N) is 2. The second kappa shape index (κ2) is 9.92. The van der Waals surface area contributed by atoms with Crippen LogP contribution in [0.3, 0.4) is 0 Å². The predicted octanol–water partition coefficient (Wildman–Crippen LogP) is 3.61. The summed E-state index contributed by atoms with van der Waals surface area (Å²) in [5.74, 6) is 5.85. The number of amides is 1. The monoisotopic (exact) mass is 483 g/mol. The van der Waals surface area contributed by atoms with Gasteiger partial charge in [0.25, 0.3) is 5.91 Å². The molecule has 7 heteroatoms. The van der Waals surface area contributed by atoms with Crippen LogP contribution in [0.5, 0.6) is 0 Å². The summed E-state index contributed by atoms with van der Waals surface area (Å²) < 4.78 is 5.75. The van der Waals surface area contributed by atoms with E-state index >= 15 is 0 Å². The van der Waals surface area contributed by atoms with Gasteiger partial charge in [0.15, 0.2) is 11.5 Å². The summed E-state index contributed by atoms with van der Waals surface area (Å²) in [5, 5.41) is 9.20. The van der Waals surface area contributed by atoms with E-state index in [1.807, 2.05) is 41.3 Å². The molecule has 2 aliphatic heterocycles. The first kappa shape index (κ1) is 23.7. The minimum Gasteiger partial charge on any atom is -0.481 e. The van der Waals surface area contributed by atoms with Crippen molar-refractivity contribution in [3.63, 3.8) is 0 Å². The van der Waals surface area contributed by atoms with Gasteiger partial charge in [-0.15, -0.1) is 0 Å². The average Bonchev–Trinajstić information content (AvgIpc) is 3.50. The lowest BCUT2D eigenvalue weighted by molar-refractivity contribution is -0.136. The Morgan fingerprint density at radius 1 is 1.03 bits per heavy atom. The molecular formula is C29H29N3O4. The zero-order valence-electron chi connectivity index (χ0n) is 20.1. The van der Waals surface area contributed by atoms with Crippen LogP contribution >= 0.6 is 0 Å². The molecule has 0 atom stereocenters. The van der Waals surface area contributed by atoms with Gasteiger partial charge in [-0.05, 0) is 60.2 Å².